The Kier molecular flexibility index (Phi) is 2.92. The molecule has 0 aromatic carbocycles. The molecule has 70 valence electrons. The van der Waals surface area contributed by atoms with E-state index in [4.69, 9.17) is 10.5 Å². The molecule has 1 aromatic heterocycles. The normalized spacial score (nSPS) is 10.0. The Labute approximate surface area is 74.3 Å². The number of aromatic nitrogens is 1. The molecule has 2 N–H and O–H groups in total. The van der Waals surface area contributed by atoms with Crippen molar-refractivity contribution in [3.63, 3.8) is 0 Å². The fraction of sp³-hybridized carbons (Fsp3) is 0.250. The SMILES string of the molecule is N=C(CO)Cc1ccc(F)c[n+]1[O-]. The van der Waals surface area contributed by atoms with Crippen LogP contribution in [0.4, 0.5) is 4.39 Å². The monoisotopic (exact) mass is 184 g/mol. The third kappa shape index (κ3) is 2.48. The molecule has 0 amide bonds. The lowest BCUT2D eigenvalue weighted by molar-refractivity contribution is -0.614. The van der Waals surface area contributed by atoms with Gasteiger partial charge in [-0.25, -0.2) is 4.39 Å². The van der Waals surface area contributed by atoms with Crippen LogP contribution < -0.4 is 4.73 Å². The van der Waals surface area contributed by atoms with E-state index < -0.39 is 12.4 Å². The van der Waals surface area contributed by atoms with Crippen LogP contribution in [0.1, 0.15) is 5.69 Å². The Morgan fingerprint density at radius 2 is 2.31 bits per heavy atom. The van der Waals surface area contributed by atoms with Gasteiger partial charge in [-0.2, -0.15) is 4.73 Å². The standard InChI is InChI=1S/C8H9FN2O2/c9-6-1-2-8(11(13)4-6)3-7(10)5-12/h1-2,4,10,12H,3,5H2. The van der Waals surface area contributed by atoms with E-state index in [1.54, 1.807) is 0 Å². The van der Waals surface area contributed by atoms with Crippen molar-refractivity contribution in [3.8, 4) is 0 Å². The zero-order valence-electron chi connectivity index (χ0n) is 6.83. The molecule has 0 spiro atoms. The molecular weight excluding hydrogens is 175 g/mol. The predicted molar refractivity (Wildman–Crippen MR) is 43.9 cm³/mol. The molecule has 4 nitrogen and oxygen atoms in total. The summed E-state index contributed by atoms with van der Waals surface area (Å²) in [6.07, 6.45) is 0.834. The summed E-state index contributed by atoms with van der Waals surface area (Å²) >= 11 is 0. The van der Waals surface area contributed by atoms with Crippen molar-refractivity contribution in [2.45, 2.75) is 6.42 Å². The summed E-state index contributed by atoms with van der Waals surface area (Å²) in [5.74, 6) is -0.616. The molecule has 0 fully saturated rings. The fourth-order valence-corrected chi connectivity index (χ4v) is 0.899. The first-order valence-electron chi connectivity index (χ1n) is 3.68. The van der Waals surface area contributed by atoms with Crippen LogP contribution in [-0.2, 0) is 6.42 Å². The third-order valence-corrected chi connectivity index (χ3v) is 1.54. The van der Waals surface area contributed by atoms with Gasteiger partial charge >= 0.3 is 0 Å². The molecule has 0 aliphatic carbocycles. The van der Waals surface area contributed by atoms with Gasteiger partial charge in [0.15, 0.2) is 11.5 Å². The topological polar surface area (TPSA) is 71.0 Å². The van der Waals surface area contributed by atoms with Gasteiger partial charge in [-0.15, -0.1) is 0 Å². The van der Waals surface area contributed by atoms with Crippen molar-refractivity contribution in [2.24, 2.45) is 0 Å². The number of hydrogen-bond acceptors (Lipinski definition) is 3. The summed E-state index contributed by atoms with van der Waals surface area (Å²) in [6, 6.07) is 2.45. The summed E-state index contributed by atoms with van der Waals surface area (Å²) in [4.78, 5) is 0. The van der Waals surface area contributed by atoms with E-state index in [0.29, 0.717) is 4.73 Å². The summed E-state index contributed by atoms with van der Waals surface area (Å²) in [6.45, 7) is -0.391. The lowest BCUT2D eigenvalue weighted by atomic mass is 10.2. The summed E-state index contributed by atoms with van der Waals surface area (Å²) in [5, 5.41) is 26.7. The van der Waals surface area contributed by atoms with Gasteiger partial charge in [-0.1, -0.05) is 0 Å². The van der Waals surface area contributed by atoms with Gasteiger partial charge in [0.2, 0.25) is 6.20 Å². The second-order valence-corrected chi connectivity index (χ2v) is 2.60. The quantitative estimate of drug-likeness (QED) is 0.394. The zero-order valence-corrected chi connectivity index (χ0v) is 6.83. The summed E-state index contributed by atoms with van der Waals surface area (Å²) in [5.41, 5.74) is 0.275. The molecule has 0 unspecified atom stereocenters. The van der Waals surface area contributed by atoms with E-state index in [2.05, 4.69) is 0 Å². The molecule has 0 aliphatic heterocycles. The van der Waals surface area contributed by atoms with E-state index in [0.717, 1.165) is 12.3 Å². The van der Waals surface area contributed by atoms with Gasteiger partial charge in [0.05, 0.1) is 13.0 Å². The molecule has 5 heteroatoms. The van der Waals surface area contributed by atoms with Crippen molar-refractivity contribution in [3.05, 3.63) is 35.0 Å². The van der Waals surface area contributed by atoms with E-state index in [1.165, 1.54) is 6.07 Å². The molecule has 1 heterocycles. The van der Waals surface area contributed by atoms with E-state index in [1.807, 2.05) is 0 Å². The highest BCUT2D eigenvalue weighted by atomic mass is 19.1. The van der Waals surface area contributed by atoms with Crippen molar-refractivity contribution >= 4 is 5.71 Å². The van der Waals surface area contributed by atoms with Crippen molar-refractivity contribution < 1.29 is 14.2 Å². The van der Waals surface area contributed by atoms with Crippen LogP contribution >= 0.6 is 0 Å². The Morgan fingerprint density at radius 3 is 2.85 bits per heavy atom. The van der Waals surface area contributed by atoms with Gasteiger partial charge in [0.1, 0.15) is 0 Å². The van der Waals surface area contributed by atoms with Crippen LogP contribution in [-0.4, -0.2) is 17.4 Å². The Balaban J connectivity index is 2.83. The number of nitrogens with one attached hydrogen (secondary N) is 1. The molecule has 0 bridgehead atoms. The first-order valence-corrected chi connectivity index (χ1v) is 3.68. The largest absolute Gasteiger partial charge is 0.618 e. The highest BCUT2D eigenvalue weighted by Crippen LogP contribution is 1.97. The van der Waals surface area contributed by atoms with Crippen LogP contribution in [0.15, 0.2) is 18.3 Å². The number of aliphatic hydroxyl groups excluding tert-OH is 1. The molecule has 13 heavy (non-hydrogen) atoms. The van der Waals surface area contributed by atoms with E-state index in [-0.39, 0.29) is 17.8 Å². The first kappa shape index (κ1) is 9.60. The highest BCUT2D eigenvalue weighted by molar-refractivity contribution is 5.83. The van der Waals surface area contributed by atoms with Crippen molar-refractivity contribution in [2.75, 3.05) is 6.61 Å². The van der Waals surface area contributed by atoms with Crippen LogP contribution in [0.2, 0.25) is 0 Å². The Bertz CT molecular complexity index is 328. The van der Waals surface area contributed by atoms with Gasteiger partial charge in [-0.05, 0) is 6.07 Å². The lowest BCUT2D eigenvalue weighted by Crippen LogP contribution is -2.33. The van der Waals surface area contributed by atoms with Crippen molar-refractivity contribution in [1.29, 1.82) is 5.41 Å². The Hall–Kier alpha value is -1.49. The number of nitrogens with zero attached hydrogens (tertiary/aromatic N) is 1. The summed E-state index contributed by atoms with van der Waals surface area (Å²) in [7, 11) is 0. The number of halogens is 1. The van der Waals surface area contributed by atoms with Gasteiger partial charge in [0.25, 0.3) is 0 Å². The maximum atomic E-state index is 12.4. The molecular formula is C8H9FN2O2. The molecule has 0 atom stereocenters. The molecule has 0 aliphatic rings. The fourth-order valence-electron chi connectivity index (χ4n) is 0.899. The maximum Gasteiger partial charge on any atom is 0.216 e. The van der Waals surface area contributed by atoms with Crippen molar-refractivity contribution in [1.82, 2.24) is 0 Å². The minimum Gasteiger partial charge on any atom is -0.618 e. The smallest absolute Gasteiger partial charge is 0.216 e. The Morgan fingerprint density at radius 1 is 1.62 bits per heavy atom. The number of rotatable bonds is 3. The predicted octanol–water partition coefficient (Wildman–Crippen LogP) is 0.0137. The van der Waals surface area contributed by atoms with Gasteiger partial charge in [-0.3, -0.25) is 0 Å². The van der Waals surface area contributed by atoms with Gasteiger partial charge < -0.3 is 15.7 Å². The second-order valence-electron chi connectivity index (χ2n) is 2.60. The second kappa shape index (κ2) is 3.95. The zero-order chi connectivity index (χ0) is 9.84. The van der Waals surface area contributed by atoms with Crippen LogP contribution in [0.25, 0.3) is 0 Å². The number of aliphatic hydroxyl groups is 1. The van der Waals surface area contributed by atoms with E-state index in [9.17, 15) is 9.60 Å². The van der Waals surface area contributed by atoms with Crippen LogP contribution in [0, 0.1) is 16.4 Å². The van der Waals surface area contributed by atoms with E-state index >= 15 is 0 Å². The minimum absolute atomic E-state index is 0.0243. The number of pyridine rings is 1. The number of hydrogen-bond donors (Lipinski definition) is 2. The van der Waals surface area contributed by atoms with Crippen LogP contribution in [0.5, 0.6) is 0 Å². The lowest BCUT2D eigenvalue weighted by Gasteiger charge is -2.03. The van der Waals surface area contributed by atoms with Gasteiger partial charge in [0, 0.05) is 11.8 Å². The maximum absolute atomic E-state index is 12.4. The average Bonchev–Trinajstić information content (AvgIpc) is 2.09. The molecule has 1 rings (SSSR count). The minimum atomic E-state index is -0.616. The average molecular weight is 184 g/mol. The molecule has 0 saturated carbocycles. The first-order chi connectivity index (χ1) is 6.13. The third-order valence-electron chi connectivity index (χ3n) is 1.54. The highest BCUT2D eigenvalue weighted by Gasteiger charge is 2.08. The summed E-state index contributed by atoms with van der Waals surface area (Å²) < 4.78 is 12.8. The molecule has 0 radical (unpaired) electrons. The molecule has 0 saturated heterocycles. The van der Waals surface area contributed by atoms with Crippen LogP contribution in [0.3, 0.4) is 0 Å². The molecule has 1 aromatic rings.